The first-order valence-electron chi connectivity index (χ1n) is 6.47. The van der Waals surface area contributed by atoms with E-state index in [-0.39, 0.29) is 5.41 Å². The van der Waals surface area contributed by atoms with Gasteiger partial charge in [0.15, 0.2) is 0 Å². The van der Waals surface area contributed by atoms with Gasteiger partial charge in [-0.25, -0.2) is 4.98 Å². The van der Waals surface area contributed by atoms with E-state index in [2.05, 4.69) is 30.0 Å². The lowest BCUT2D eigenvalue weighted by atomic mass is 9.69. The molecular formula is C13H20N4. The lowest BCUT2D eigenvalue weighted by Gasteiger charge is -2.33. The molecule has 1 aromatic heterocycles. The molecule has 0 N–H and O–H groups in total. The van der Waals surface area contributed by atoms with Gasteiger partial charge in [-0.2, -0.15) is 10.4 Å². The molecule has 0 spiro atoms. The van der Waals surface area contributed by atoms with Gasteiger partial charge in [-0.15, -0.1) is 0 Å². The van der Waals surface area contributed by atoms with E-state index in [0.29, 0.717) is 5.92 Å². The highest BCUT2D eigenvalue weighted by Crippen LogP contribution is 2.40. The van der Waals surface area contributed by atoms with Crippen LogP contribution in [-0.2, 0) is 13.0 Å². The Morgan fingerprint density at radius 2 is 2.47 bits per heavy atom. The average Bonchev–Trinajstić information content (AvgIpc) is 2.76. The molecule has 1 heterocycles. The van der Waals surface area contributed by atoms with Crippen molar-refractivity contribution in [1.29, 1.82) is 5.26 Å². The zero-order chi connectivity index (χ0) is 12.3. The monoisotopic (exact) mass is 232 g/mol. The minimum atomic E-state index is -0.211. The highest BCUT2D eigenvalue weighted by atomic mass is 15.3. The molecular weight excluding hydrogens is 212 g/mol. The Morgan fingerprint density at radius 3 is 3.12 bits per heavy atom. The van der Waals surface area contributed by atoms with Crippen LogP contribution in [-0.4, -0.2) is 14.8 Å². The molecule has 1 aliphatic carbocycles. The highest BCUT2D eigenvalue weighted by molar-refractivity contribution is 5.07. The van der Waals surface area contributed by atoms with Crippen LogP contribution in [0.2, 0.25) is 0 Å². The second-order valence-corrected chi connectivity index (χ2v) is 5.26. The van der Waals surface area contributed by atoms with E-state index < -0.39 is 0 Å². The third-order valence-corrected chi connectivity index (χ3v) is 3.82. The highest BCUT2D eigenvalue weighted by Gasteiger charge is 2.36. The first kappa shape index (κ1) is 12.1. The van der Waals surface area contributed by atoms with Crippen molar-refractivity contribution >= 4 is 0 Å². The van der Waals surface area contributed by atoms with Gasteiger partial charge in [-0.3, -0.25) is 4.68 Å². The minimum absolute atomic E-state index is 0.211. The summed E-state index contributed by atoms with van der Waals surface area (Å²) in [7, 11) is 0. The molecule has 0 aromatic carbocycles. The van der Waals surface area contributed by atoms with Gasteiger partial charge in [0.05, 0.1) is 11.5 Å². The zero-order valence-electron chi connectivity index (χ0n) is 10.7. The summed E-state index contributed by atoms with van der Waals surface area (Å²) in [6.45, 7) is 5.13. The Morgan fingerprint density at radius 1 is 1.65 bits per heavy atom. The van der Waals surface area contributed by atoms with Crippen LogP contribution in [0.4, 0.5) is 0 Å². The molecule has 0 radical (unpaired) electrons. The van der Waals surface area contributed by atoms with Crippen LogP contribution in [0, 0.1) is 22.7 Å². The van der Waals surface area contributed by atoms with Gasteiger partial charge in [0, 0.05) is 13.0 Å². The minimum Gasteiger partial charge on any atom is -0.250 e. The molecule has 2 atom stereocenters. The fraction of sp³-hybridized carbons (Fsp3) is 0.769. The summed E-state index contributed by atoms with van der Waals surface area (Å²) in [6, 6.07) is 2.56. The molecule has 4 nitrogen and oxygen atoms in total. The Bertz CT molecular complexity index is 417. The Labute approximate surface area is 103 Å². The maximum atomic E-state index is 9.51. The molecule has 1 aromatic rings. The fourth-order valence-electron chi connectivity index (χ4n) is 2.95. The summed E-state index contributed by atoms with van der Waals surface area (Å²) in [6.07, 6.45) is 6.77. The summed E-state index contributed by atoms with van der Waals surface area (Å²) in [5, 5.41) is 13.7. The standard InChI is InChI=1S/C13H20N4/c1-3-17-12(15-10-16-17)8-13(9-14)6-4-5-11(2)7-13/h10-11H,3-8H2,1-2H3. The largest absolute Gasteiger partial charge is 0.250 e. The maximum absolute atomic E-state index is 9.51. The third-order valence-electron chi connectivity index (χ3n) is 3.82. The predicted octanol–water partition coefficient (Wildman–Crippen LogP) is 2.56. The van der Waals surface area contributed by atoms with Gasteiger partial charge in [0.2, 0.25) is 0 Å². The van der Waals surface area contributed by atoms with Crippen molar-refractivity contribution in [3.63, 3.8) is 0 Å². The van der Waals surface area contributed by atoms with Crippen molar-refractivity contribution in [2.24, 2.45) is 11.3 Å². The maximum Gasteiger partial charge on any atom is 0.138 e. The average molecular weight is 232 g/mol. The normalized spacial score (nSPS) is 28.9. The third kappa shape index (κ3) is 2.49. The zero-order valence-corrected chi connectivity index (χ0v) is 10.7. The number of hydrogen-bond donors (Lipinski definition) is 0. The van der Waals surface area contributed by atoms with E-state index in [1.54, 1.807) is 6.33 Å². The molecule has 2 unspecified atom stereocenters. The number of rotatable bonds is 3. The molecule has 4 heteroatoms. The number of nitriles is 1. The van der Waals surface area contributed by atoms with Gasteiger partial charge < -0.3 is 0 Å². The van der Waals surface area contributed by atoms with Crippen molar-refractivity contribution in [3.8, 4) is 6.07 Å². The van der Waals surface area contributed by atoms with E-state index in [4.69, 9.17) is 0 Å². The molecule has 1 fully saturated rings. The summed E-state index contributed by atoms with van der Waals surface area (Å²) < 4.78 is 1.90. The molecule has 0 saturated heterocycles. The number of aryl methyl sites for hydroxylation is 1. The molecule has 92 valence electrons. The van der Waals surface area contributed by atoms with Crippen molar-refractivity contribution in [3.05, 3.63) is 12.2 Å². The summed E-state index contributed by atoms with van der Waals surface area (Å²) in [5.74, 6) is 1.62. The molecule has 1 aliphatic rings. The van der Waals surface area contributed by atoms with Gasteiger partial charge in [0.1, 0.15) is 12.2 Å². The molecule has 17 heavy (non-hydrogen) atoms. The lowest BCUT2D eigenvalue weighted by molar-refractivity contribution is 0.204. The van der Waals surface area contributed by atoms with Gasteiger partial charge in [-0.1, -0.05) is 19.8 Å². The van der Waals surface area contributed by atoms with E-state index in [1.807, 2.05) is 4.68 Å². The van der Waals surface area contributed by atoms with Gasteiger partial charge in [-0.05, 0) is 25.7 Å². The smallest absolute Gasteiger partial charge is 0.138 e. The molecule has 0 amide bonds. The van der Waals surface area contributed by atoms with Crippen molar-refractivity contribution in [1.82, 2.24) is 14.8 Å². The van der Waals surface area contributed by atoms with Crippen LogP contribution < -0.4 is 0 Å². The van der Waals surface area contributed by atoms with Crippen LogP contribution in [0.1, 0.15) is 45.4 Å². The van der Waals surface area contributed by atoms with Gasteiger partial charge in [0.25, 0.3) is 0 Å². The van der Waals surface area contributed by atoms with E-state index in [1.165, 1.54) is 6.42 Å². The van der Waals surface area contributed by atoms with Crippen LogP contribution >= 0.6 is 0 Å². The number of hydrogen-bond acceptors (Lipinski definition) is 3. The molecule has 1 saturated carbocycles. The topological polar surface area (TPSA) is 54.5 Å². The first-order chi connectivity index (χ1) is 8.19. The summed E-state index contributed by atoms with van der Waals surface area (Å²) >= 11 is 0. The summed E-state index contributed by atoms with van der Waals surface area (Å²) in [4.78, 5) is 4.30. The quantitative estimate of drug-likeness (QED) is 0.804. The Hall–Kier alpha value is -1.37. The van der Waals surface area contributed by atoms with Crippen LogP contribution in [0.5, 0.6) is 0 Å². The van der Waals surface area contributed by atoms with Crippen molar-refractivity contribution in [2.75, 3.05) is 0 Å². The molecule has 0 bridgehead atoms. The van der Waals surface area contributed by atoms with E-state index in [0.717, 1.165) is 38.1 Å². The molecule has 2 rings (SSSR count). The van der Waals surface area contributed by atoms with Crippen molar-refractivity contribution < 1.29 is 0 Å². The second-order valence-electron chi connectivity index (χ2n) is 5.26. The Balaban J connectivity index is 2.17. The van der Waals surface area contributed by atoms with Crippen LogP contribution in [0.25, 0.3) is 0 Å². The molecule has 0 aliphatic heterocycles. The van der Waals surface area contributed by atoms with E-state index >= 15 is 0 Å². The van der Waals surface area contributed by atoms with Crippen molar-refractivity contribution in [2.45, 2.75) is 52.5 Å². The number of nitrogens with zero attached hydrogens (tertiary/aromatic N) is 4. The van der Waals surface area contributed by atoms with Crippen LogP contribution in [0.15, 0.2) is 6.33 Å². The first-order valence-corrected chi connectivity index (χ1v) is 6.47. The SMILES string of the molecule is CCn1ncnc1CC1(C#N)CCCC(C)C1. The van der Waals surface area contributed by atoms with Gasteiger partial charge >= 0.3 is 0 Å². The lowest BCUT2D eigenvalue weighted by Crippen LogP contribution is -2.30. The second kappa shape index (κ2) is 4.87. The Kier molecular flexibility index (Phi) is 3.46. The summed E-state index contributed by atoms with van der Waals surface area (Å²) in [5.41, 5.74) is -0.211. The number of aromatic nitrogens is 3. The fourth-order valence-corrected chi connectivity index (χ4v) is 2.95. The predicted molar refractivity (Wildman–Crippen MR) is 65.1 cm³/mol. The van der Waals surface area contributed by atoms with Crippen LogP contribution in [0.3, 0.4) is 0 Å². The van der Waals surface area contributed by atoms with E-state index in [9.17, 15) is 5.26 Å².